The summed E-state index contributed by atoms with van der Waals surface area (Å²) in [5.74, 6) is 1.04. The van der Waals surface area contributed by atoms with Crippen LogP contribution in [0.2, 0.25) is 0 Å². The fraction of sp³-hybridized carbons (Fsp3) is 0.625. The van der Waals surface area contributed by atoms with Gasteiger partial charge in [0.15, 0.2) is 0 Å². The maximum Gasteiger partial charge on any atom is 0.123 e. The molecule has 0 unspecified atom stereocenters. The van der Waals surface area contributed by atoms with Crippen LogP contribution in [-0.4, -0.2) is 18.0 Å². The highest BCUT2D eigenvalue weighted by atomic mass is 19.1. The lowest BCUT2D eigenvalue weighted by atomic mass is 10.1. The first-order valence-electron chi connectivity index (χ1n) is 7.11. The molecule has 2 nitrogen and oxygen atoms in total. The van der Waals surface area contributed by atoms with E-state index in [1.54, 1.807) is 6.07 Å². The van der Waals surface area contributed by atoms with Crippen molar-refractivity contribution < 1.29 is 4.39 Å². The average Bonchev–Trinajstić information content (AvgIpc) is 2.26. The van der Waals surface area contributed by atoms with Crippen LogP contribution in [0, 0.1) is 17.7 Å². The highest BCUT2D eigenvalue weighted by Gasteiger charge is 2.11. The average molecular weight is 266 g/mol. The van der Waals surface area contributed by atoms with Crippen LogP contribution in [-0.2, 0) is 13.1 Å². The van der Waals surface area contributed by atoms with Gasteiger partial charge >= 0.3 is 0 Å². The van der Waals surface area contributed by atoms with E-state index in [4.69, 9.17) is 5.73 Å². The molecule has 0 spiro atoms. The second kappa shape index (κ2) is 7.61. The summed E-state index contributed by atoms with van der Waals surface area (Å²) in [6.07, 6.45) is 0. The number of hydrogen-bond acceptors (Lipinski definition) is 2. The van der Waals surface area contributed by atoms with E-state index in [1.165, 1.54) is 6.07 Å². The zero-order valence-corrected chi connectivity index (χ0v) is 12.6. The molecule has 0 fully saturated rings. The van der Waals surface area contributed by atoms with Crippen molar-refractivity contribution in [3.05, 3.63) is 35.1 Å². The molecule has 108 valence electrons. The standard InChI is InChI=1S/C16H27FN2/c1-12(2)9-19(10-13(3)4)11-15-5-14(8-18)6-16(17)7-15/h5-7,12-13H,8-11,18H2,1-4H3. The molecule has 0 aliphatic heterocycles. The van der Waals surface area contributed by atoms with Crippen molar-refractivity contribution in [3.63, 3.8) is 0 Å². The van der Waals surface area contributed by atoms with Gasteiger partial charge in [-0.2, -0.15) is 0 Å². The summed E-state index contributed by atoms with van der Waals surface area (Å²) in [5.41, 5.74) is 7.48. The summed E-state index contributed by atoms with van der Waals surface area (Å²) < 4.78 is 13.5. The van der Waals surface area contributed by atoms with Crippen molar-refractivity contribution in [3.8, 4) is 0 Å². The van der Waals surface area contributed by atoms with E-state index in [9.17, 15) is 4.39 Å². The van der Waals surface area contributed by atoms with Crippen LogP contribution in [0.3, 0.4) is 0 Å². The van der Waals surface area contributed by atoms with Gasteiger partial charge in [0, 0.05) is 26.2 Å². The van der Waals surface area contributed by atoms with Gasteiger partial charge in [0.2, 0.25) is 0 Å². The van der Waals surface area contributed by atoms with Crippen molar-refractivity contribution in [1.29, 1.82) is 0 Å². The Morgan fingerprint density at radius 1 is 1.00 bits per heavy atom. The molecule has 0 aliphatic rings. The van der Waals surface area contributed by atoms with Crippen LogP contribution in [0.5, 0.6) is 0 Å². The molecule has 1 rings (SSSR count). The van der Waals surface area contributed by atoms with E-state index in [-0.39, 0.29) is 5.82 Å². The first-order chi connectivity index (χ1) is 8.90. The number of benzene rings is 1. The summed E-state index contributed by atoms with van der Waals surface area (Å²) >= 11 is 0. The Kier molecular flexibility index (Phi) is 6.46. The van der Waals surface area contributed by atoms with Crippen molar-refractivity contribution in [2.75, 3.05) is 13.1 Å². The molecule has 1 aromatic carbocycles. The summed E-state index contributed by atoms with van der Waals surface area (Å²) in [4.78, 5) is 2.39. The van der Waals surface area contributed by atoms with Crippen LogP contribution in [0.1, 0.15) is 38.8 Å². The molecule has 0 saturated heterocycles. The molecule has 0 aliphatic carbocycles. The molecule has 0 heterocycles. The molecule has 1 aromatic rings. The minimum atomic E-state index is -0.188. The van der Waals surface area contributed by atoms with E-state index < -0.39 is 0 Å². The first-order valence-corrected chi connectivity index (χ1v) is 7.11. The van der Waals surface area contributed by atoms with Crippen molar-refractivity contribution in [2.45, 2.75) is 40.8 Å². The molecule has 0 amide bonds. The molecular weight excluding hydrogens is 239 g/mol. The number of nitrogens with zero attached hydrogens (tertiary/aromatic N) is 1. The quantitative estimate of drug-likeness (QED) is 0.819. The number of hydrogen-bond donors (Lipinski definition) is 1. The summed E-state index contributed by atoms with van der Waals surface area (Å²) in [6.45, 7) is 12.1. The van der Waals surface area contributed by atoms with Crippen LogP contribution in [0.25, 0.3) is 0 Å². The third-order valence-corrected chi connectivity index (χ3v) is 2.91. The number of halogens is 1. The second-order valence-corrected chi connectivity index (χ2v) is 6.15. The Bertz CT molecular complexity index is 378. The van der Waals surface area contributed by atoms with Gasteiger partial charge in [-0.3, -0.25) is 4.90 Å². The van der Waals surface area contributed by atoms with E-state index in [0.29, 0.717) is 18.4 Å². The normalized spacial score (nSPS) is 11.8. The molecule has 0 bridgehead atoms. The maximum atomic E-state index is 13.5. The topological polar surface area (TPSA) is 29.3 Å². The number of rotatable bonds is 7. The smallest absolute Gasteiger partial charge is 0.123 e. The largest absolute Gasteiger partial charge is 0.326 e. The highest BCUT2D eigenvalue weighted by molar-refractivity contribution is 5.24. The van der Waals surface area contributed by atoms with Gasteiger partial charge in [-0.25, -0.2) is 4.39 Å². The Balaban J connectivity index is 2.79. The molecule has 0 atom stereocenters. The lowest BCUT2D eigenvalue weighted by Gasteiger charge is -2.26. The molecule has 19 heavy (non-hydrogen) atoms. The molecule has 0 saturated carbocycles. The minimum Gasteiger partial charge on any atom is -0.326 e. The predicted octanol–water partition coefficient (Wildman–Crippen LogP) is 3.40. The molecular formula is C16H27FN2. The molecule has 2 N–H and O–H groups in total. The molecule has 0 aromatic heterocycles. The third kappa shape index (κ3) is 6.17. The zero-order valence-electron chi connectivity index (χ0n) is 12.6. The van der Waals surface area contributed by atoms with Crippen LogP contribution in [0.4, 0.5) is 4.39 Å². The lowest BCUT2D eigenvalue weighted by Crippen LogP contribution is -2.31. The SMILES string of the molecule is CC(C)CN(Cc1cc(F)cc(CN)c1)CC(C)C. The maximum absolute atomic E-state index is 13.5. The van der Waals surface area contributed by atoms with Gasteiger partial charge in [-0.05, 0) is 35.1 Å². The fourth-order valence-corrected chi connectivity index (χ4v) is 2.42. The Hall–Kier alpha value is -0.930. The fourth-order valence-electron chi connectivity index (χ4n) is 2.42. The van der Waals surface area contributed by atoms with Gasteiger partial charge in [0.25, 0.3) is 0 Å². The van der Waals surface area contributed by atoms with Crippen molar-refractivity contribution >= 4 is 0 Å². The van der Waals surface area contributed by atoms with Crippen molar-refractivity contribution in [2.24, 2.45) is 17.6 Å². The summed E-state index contributed by atoms with van der Waals surface area (Å²) in [5, 5.41) is 0. The number of nitrogens with two attached hydrogens (primary N) is 1. The van der Waals surface area contributed by atoms with Gasteiger partial charge in [-0.15, -0.1) is 0 Å². The Morgan fingerprint density at radius 2 is 1.53 bits per heavy atom. The van der Waals surface area contributed by atoms with Crippen LogP contribution in [0.15, 0.2) is 18.2 Å². The third-order valence-electron chi connectivity index (χ3n) is 2.91. The zero-order chi connectivity index (χ0) is 14.4. The van der Waals surface area contributed by atoms with Gasteiger partial charge in [0.05, 0.1) is 0 Å². The van der Waals surface area contributed by atoms with E-state index in [1.807, 2.05) is 6.07 Å². The highest BCUT2D eigenvalue weighted by Crippen LogP contribution is 2.14. The van der Waals surface area contributed by atoms with E-state index in [0.717, 1.165) is 30.8 Å². The van der Waals surface area contributed by atoms with E-state index in [2.05, 4.69) is 32.6 Å². The minimum absolute atomic E-state index is 0.188. The van der Waals surface area contributed by atoms with Gasteiger partial charge < -0.3 is 5.73 Å². The first kappa shape index (κ1) is 16.1. The molecule has 3 heteroatoms. The lowest BCUT2D eigenvalue weighted by molar-refractivity contribution is 0.211. The monoisotopic (exact) mass is 266 g/mol. The Morgan fingerprint density at radius 3 is 2.00 bits per heavy atom. The van der Waals surface area contributed by atoms with Gasteiger partial charge in [-0.1, -0.05) is 33.8 Å². The van der Waals surface area contributed by atoms with Crippen molar-refractivity contribution in [1.82, 2.24) is 4.90 Å². The Labute approximate surface area is 116 Å². The van der Waals surface area contributed by atoms with Crippen LogP contribution >= 0.6 is 0 Å². The van der Waals surface area contributed by atoms with Crippen LogP contribution < -0.4 is 5.73 Å². The van der Waals surface area contributed by atoms with E-state index >= 15 is 0 Å². The predicted molar refractivity (Wildman–Crippen MR) is 79.2 cm³/mol. The van der Waals surface area contributed by atoms with Gasteiger partial charge in [0.1, 0.15) is 5.82 Å². The second-order valence-electron chi connectivity index (χ2n) is 6.15. The molecule has 0 radical (unpaired) electrons. The summed E-state index contributed by atoms with van der Waals surface area (Å²) in [7, 11) is 0. The summed E-state index contributed by atoms with van der Waals surface area (Å²) in [6, 6.07) is 5.14.